The van der Waals surface area contributed by atoms with Gasteiger partial charge in [0.15, 0.2) is 0 Å². The summed E-state index contributed by atoms with van der Waals surface area (Å²) in [5, 5.41) is 15.2. The molecule has 36 heavy (non-hydrogen) atoms. The Morgan fingerprint density at radius 2 is 1.78 bits per heavy atom. The molecule has 15 heteroatoms. The Balaban J connectivity index is 1.62. The van der Waals surface area contributed by atoms with Gasteiger partial charge in [-0.25, -0.2) is 4.98 Å². The van der Waals surface area contributed by atoms with Crippen LogP contribution in [0.5, 0.6) is 5.75 Å². The number of carbonyl (C=O) groups excluding carboxylic acids is 2. The maximum Gasteiger partial charge on any atom is 0.267 e. The van der Waals surface area contributed by atoms with Crippen LogP contribution >= 0.6 is 46.1 Å². The van der Waals surface area contributed by atoms with Crippen LogP contribution in [0, 0.1) is 0 Å². The molecule has 2 amide bonds. The number of anilines is 4. The second-order valence-corrected chi connectivity index (χ2v) is 9.34. The summed E-state index contributed by atoms with van der Waals surface area (Å²) in [4.78, 5) is 30.5. The number of pyridine rings is 1. The molecule has 0 bridgehead atoms. The highest BCUT2D eigenvalue weighted by Crippen LogP contribution is 2.35. The first kappa shape index (κ1) is 25.5. The number of nitrogens with two attached hydrogens (primary N) is 2. The lowest BCUT2D eigenvalue weighted by Gasteiger charge is -2.15. The quantitative estimate of drug-likeness (QED) is 0.255. The summed E-state index contributed by atoms with van der Waals surface area (Å²) in [6, 6.07) is 5.96. The van der Waals surface area contributed by atoms with E-state index in [1.54, 1.807) is 11.4 Å². The number of thiophene rings is 1. The topological polar surface area (TPSA) is 163 Å². The van der Waals surface area contributed by atoms with Gasteiger partial charge in [0.25, 0.3) is 11.8 Å². The largest absolute Gasteiger partial charge is 0.494 e. The van der Waals surface area contributed by atoms with Gasteiger partial charge in [-0.3, -0.25) is 14.2 Å². The minimum absolute atomic E-state index is 0.0439. The van der Waals surface area contributed by atoms with Crippen LogP contribution in [-0.4, -0.2) is 38.7 Å². The summed E-state index contributed by atoms with van der Waals surface area (Å²) in [7, 11) is 1.38. The van der Waals surface area contributed by atoms with Gasteiger partial charge in [0, 0.05) is 22.8 Å². The average Bonchev–Trinajstić information content (AvgIpc) is 3.37. The highest BCUT2D eigenvalue weighted by atomic mass is 35.5. The third kappa shape index (κ3) is 5.31. The Morgan fingerprint density at radius 1 is 1.06 bits per heavy atom. The minimum atomic E-state index is -0.586. The van der Waals surface area contributed by atoms with Crippen LogP contribution < -0.4 is 26.8 Å². The first-order chi connectivity index (χ1) is 17.2. The Bertz CT molecular complexity index is 1440. The molecule has 0 saturated carbocycles. The Kier molecular flexibility index (Phi) is 7.50. The van der Waals surface area contributed by atoms with Crippen molar-refractivity contribution in [1.29, 1.82) is 0 Å². The van der Waals surface area contributed by atoms with E-state index in [9.17, 15) is 9.59 Å². The number of amides is 2. The van der Waals surface area contributed by atoms with Crippen molar-refractivity contribution in [3.8, 4) is 5.75 Å². The molecule has 0 aliphatic heterocycles. The van der Waals surface area contributed by atoms with Crippen molar-refractivity contribution < 1.29 is 14.3 Å². The van der Waals surface area contributed by atoms with E-state index in [2.05, 4.69) is 25.8 Å². The van der Waals surface area contributed by atoms with E-state index < -0.39 is 11.8 Å². The zero-order valence-electron chi connectivity index (χ0n) is 18.4. The number of nitrogens with one attached hydrogen (secondary N) is 2. The number of carbonyl (C=O) groups is 2. The number of methoxy groups -OCH3 is 1. The Hall–Kier alpha value is -3.58. The zero-order valence-corrected chi connectivity index (χ0v) is 21.5. The monoisotopic (exact) mass is 566 g/mol. The molecule has 6 N–H and O–H groups in total. The summed E-state index contributed by atoms with van der Waals surface area (Å²) >= 11 is 19.6. The number of rotatable bonds is 7. The molecule has 4 rings (SSSR count). The number of hydrogen-bond acceptors (Lipinski definition) is 9. The van der Waals surface area contributed by atoms with E-state index >= 15 is 0 Å². The lowest BCUT2D eigenvalue weighted by atomic mass is 10.1. The van der Waals surface area contributed by atoms with Gasteiger partial charge in [-0.2, -0.15) is 0 Å². The molecule has 0 spiro atoms. The van der Waals surface area contributed by atoms with Gasteiger partial charge in [-0.15, -0.1) is 21.5 Å². The van der Waals surface area contributed by atoms with Crippen molar-refractivity contribution in [3.05, 3.63) is 66.9 Å². The number of ether oxygens (including phenoxy) is 1. The maximum atomic E-state index is 13.2. The molecule has 4 aromatic rings. The predicted molar refractivity (Wildman–Crippen MR) is 140 cm³/mol. The SMILES string of the molecule is COc1cc(Cl)cc(C(=O)Nc2ccc(Cl)cn2)c1NC(=O)c1scc(Cn2c(N)nnc2N)c1Cl. The van der Waals surface area contributed by atoms with Gasteiger partial charge in [-0.1, -0.05) is 34.8 Å². The van der Waals surface area contributed by atoms with Gasteiger partial charge in [0.2, 0.25) is 11.9 Å². The third-order valence-corrected chi connectivity index (χ3v) is 6.90. The summed E-state index contributed by atoms with van der Waals surface area (Å²) in [6.45, 7) is 0.166. The van der Waals surface area contributed by atoms with Gasteiger partial charge in [0.05, 0.1) is 35.0 Å². The molecule has 1 aromatic carbocycles. The fourth-order valence-corrected chi connectivity index (χ4v) is 4.72. The summed E-state index contributed by atoms with van der Waals surface area (Å²) < 4.78 is 6.81. The molecule has 3 heterocycles. The number of nitrogen functional groups attached to an aromatic ring is 2. The summed E-state index contributed by atoms with van der Waals surface area (Å²) in [5.41, 5.74) is 12.3. The first-order valence-electron chi connectivity index (χ1n) is 9.99. The van der Waals surface area contributed by atoms with E-state index in [0.717, 1.165) is 11.3 Å². The fraction of sp³-hybridized carbons (Fsp3) is 0.0952. The molecule has 0 unspecified atom stereocenters. The maximum absolute atomic E-state index is 13.2. The smallest absolute Gasteiger partial charge is 0.267 e. The number of nitrogens with zero attached hydrogens (tertiary/aromatic N) is 4. The van der Waals surface area contributed by atoms with E-state index in [4.69, 9.17) is 51.0 Å². The second-order valence-electron chi connectivity index (χ2n) is 7.21. The van der Waals surface area contributed by atoms with Crippen molar-refractivity contribution in [2.24, 2.45) is 0 Å². The number of halogens is 3. The van der Waals surface area contributed by atoms with Gasteiger partial charge >= 0.3 is 0 Å². The highest BCUT2D eigenvalue weighted by Gasteiger charge is 2.24. The van der Waals surface area contributed by atoms with E-state index in [1.807, 2.05) is 0 Å². The molecule has 0 saturated heterocycles. The minimum Gasteiger partial charge on any atom is -0.494 e. The molecule has 11 nitrogen and oxygen atoms in total. The molecule has 0 aliphatic carbocycles. The van der Waals surface area contributed by atoms with E-state index in [-0.39, 0.29) is 56.2 Å². The molecular weight excluding hydrogens is 551 g/mol. The molecule has 0 aliphatic rings. The van der Waals surface area contributed by atoms with E-state index in [1.165, 1.54) is 36.1 Å². The average molecular weight is 568 g/mol. The van der Waals surface area contributed by atoms with Crippen molar-refractivity contribution in [3.63, 3.8) is 0 Å². The molecule has 0 radical (unpaired) electrons. The van der Waals surface area contributed by atoms with Crippen LogP contribution in [0.15, 0.2) is 35.8 Å². The third-order valence-electron chi connectivity index (χ3n) is 4.88. The lowest BCUT2D eigenvalue weighted by molar-refractivity contribution is 0.102. The lowest BCUT2D eigenvalue weighted by Crippen LogP contribution is -2.19. The number of hydrogen-bond donors (Lipinski definition) is 4. The second kappa shape index (κ2) is 10.6. The van der Waals surface area contributed by atoms with Crippen LogP contribution in [0.2, 0.25) is 15.1 Å². The van der Waals surface area contributed by atoms with Gasteiger partial charge < -0.3 is 26.8 Å². The number of benzene rings is 1. The zero-order chi connectivity index (χ0) is 26.0. The van der Waals surface area contributed by atoms with Crippen LogP contribution in [0.3, 0.4) is 0 Å². The van der Waals surface area contributed by atoms with Crippen molar-refractivity contribution >= 4 is 81.4 Å². The predicted octanol–water partition coefficient (Wildman–Crippen LogP) is 4.42. The highest BCUT2D eigenvalue weighted by molar-refractivity contribution is 7.13. The van der Waals surface area contributed by atoms with Crippen molar-refractivity contribution in [1.82, 2.24) is 19.7 Å². The van der Waals surface area contributed by atoms with Gasteiger partial charge in [-0.05, 0) is 23.6 Å². The van der Waals surface area contributed by atoms with Gasteiger partial charge in [0.1, 0.15) is 16.4 Å². The number of aromatic nitrogens is 4. The van der Waals surface area contributed by atoms with Crippen LogP contribution in [0.25, 0.3) is 0 Å². The van der Waals surface area contributed by atoms with Crippen molar-refractivity contribution in [2.75, 3.05) is 29.2 Å². The van der Waals surface area contributed by atoms with E-state index in [0.29, 0.717) is 10.6 Å². The first-order valence-corrected chi connectivity index (χ1v) is 12.0. The van der Waals surface area contributed by atoms with Crippen molar-refractivity contribution in [2.45, 2.75) is 6.54 Å². The Morgan fingerprint density at radius 3 is 2.42 bits per heavy atom. The molecule has 186 valence electrons. The van der Waals surface area contributed by atoms with Crippen LogP contribution in [0.1, 0.15) is 25.6 Å². The normalized spacial score (nSPS) is 10.8. The molecule has 3 aromatic heterocycles. The molecule has 0 atom stereocenters. The van der Waals surface area contributed by atoms with Crippen LogP contribution in [-0.2, 0) is 6.54 Å². The van der Waals surface area contributed by atoms with Crippen LogP contribution in [0.4, 0.5) is 23.4 Å². The Labute approximate surface area is 223 Å². The summed E-state index contributed by atoms with van der Waals surface area (Å²) in [5.74, 6) is -0.519. The standard InChI is InChI=1S/C21H17Cl3N8O3S/c1-35-13-5-11(23)4-12(18(33)28-14-3-2-10(22)6-27-14)16(13)29-19(34)17-15(24)9(8-36-17)7-32-20(25)30-31-21(32)26/h2-6,8H,7H2,1H3,(H2,25,30)(H2,26,31)(H,29,34)(H,27,28,33). The fourth-order valence-electron chi connectivity index (χ4n) is 3.15. The molecule has 0 fully saturated rings. The molecular formula is C21H17Cl3N8O3S. The summed E-state index contributed by atoms with van der Waals surface area (Å²) in [6.07, 6.45) is 1.38.